The fraction of sp³-hybridized carbons (Fsp3) is 0.417. The highest BCUT2D eigenvalue weighted by Crippen LogP contribution is 2.25. The average molecular weight is 306 g/mol. The second-order valence-corrected chi connectivity index (χ2v) is 7.05. The van der Waals surface area contributed by atoms with E-state index in [-0.39, 0.29) is 21.4 Å². The normalized spacial score (nSPS) is 12.1. The van der Waals surface area contributed by atoms with E-state index in [9.17, 15) is 13.2 Å². The van der Waals surface area contributed by atoms with Gasteiger partial charge in [0.05, 0.1) is 10.6 Å². The summed E-state index contributed by atoms with van der Waals surface area (Å²) in [6, 6.07) is 3.63. The lowest BCUT2D eigenvalue weighted by Gasteiger charge is -2.20. The third-order valence-corrected chi connectivity index (χ3v) is 4.79. The fourth-order valence-electron chi connectivity index (χ4n) is 1.61. The van der Waals surface area contributed by atoms with Crippen LogP contribution in [0.25, 0.3) is 0 Å². The molecule has 0 radical (unpaired) electrons. The highest BCUT2D eigenvalue weighted by Gasteiger charge is 2.25. The minimum Gasteiger partial charge on any atom is -0.478 e. The molecule has 0 aliphatic rings. The predicted octanol–water partition coefficient (Wildman–Crippen LogP) is 2.31. The van der Waals surface area contributed by atoms with Crippen molar-refractivity contribution in [1.82, 2.24) is 4.31 Å². The molecular weight excluding hydrogens is 290 g/mol. The summed E-state index contributed by atoms with van der Waals surface area (Å²) in [4.78, 5) is 10.7. The number of hydrogen-bond donors (Lipinski definition) is 1. The lowest BCUT2D eigenvalue weighted by Crippen LogP contribution is -2.30. The van der Waals surface area contributed by atoms with Crippen molar-refractivity contribution in [2.45, 2.75) is 18.7 Å². The number of hydrogen-bond acceptors (Lipinski definition) is 3. The van der Waals surface area contributed by atoms with Crippen LogP contribution in [-0.2, 0) is 10.0 Å². The van der Waals surface area contributed by atoms with Gasteiger partial charge in [0.15, 0.2) is 0 Å². The SMILES string of the molecule is CC(C)CN(C)S(=O)(=O)c1cc(C(=O)O)ccc1Cl. The first-order valence-electron chi connectivity index (χ1n) is 5.65. The first-order valence-corrected chi connectivity index (χ1v) is 7.47. The molecule has 0 amide bonds. The molecule has 0 bridgehead atoms. The fourth-order valence-corrected chi connectivity index (χ4v) is 3.44. The van der Waals surface area contributed by atoms with Crippen LogP contribution in [0.3, 0.4) is 0 Å². The number of carbonyl (C=O) groups is 1. The van der Waals surface area contributed by atoms with Crippen molar-refractivity contribution < 1.29 is 18.3 Å². The predicted molar refractivity (Wildman–Crippen MR) is 73.1 cm³/mol. The van der Waals surface area contributed by atoms with Gasteiger partial charge < -0.3 is 5.11 Å². The summed E-state index contributed by atoms with van der Waals surface area (Å²) in [5.41, 5.74) is -0.110. The molecule has 0 fully saturated rings. The van der Waals surface area contributed by atoms with E-state index in [2.05, 4.69) is 0 Å². The van der Waals surface area contributed by atoms with Gasteiger partial charge in [-0.15, -0.1) is 0 Å². The quantitative estimate of drug-likeness (QED) is 0.906. The number of rotatable bonds is 5. The molecule has 106 valence electrons. The molecule has 5 nitrogen and oxygen atoms in total. The van der Waals surface area contributed by atoms with E-state index in [1.54, 1.807) is 0 Å². The molecule has 19 heavy (non-hydrogen) atoms. The van der Waals surface area contributed by atoms with E-state index in [1.807, 2.05) is 13.8 Å². The van der Waals surface area contributed by atoms with E-state index in [4.69, 9.17) is 16.7 Å². The first kappa shape index (κ1) is 15.9. The zero-order valence-corrected chi connectivity index (χ0v) is 12.5. The van der Waals surface area contributed by atoms with E-state index in [0.29, 0.717) is 6.54 Å². The van der Waals surface area contributed by atoms with Crippen molar-refractivity contribution in [2.24, 2.45) is 5.92 Å². The Labute approximate surface area is 117 Å². The average Bonchev–Trinajstić information content (AvgIpc) is 2.27. The molecule has 0 aliphatic heterocycles. The Morgan fingerprint density at radius 2 is 2.00 bits per heavy atom. The van der Waals surface area contributed by atoms with Crippen molar-refractivity contribution in [3.8, 4) is 0 Å². The van der Waals surface area contributed by atoms with Gasteiger partial charge in [-0.25, -0.2) is 17.5 Å². The molecule has 7 heteroatoms. The number of benzene rings is 1. The van der Waals surface area contributed by atoms with E-state index in [1.165, 1.54) is 23.5 Å². The zero-order valence-electron chi connectivity index (χ0n) is 10.9. The van der Waals surface area contributed by atoms with E-state index >= 15 is 0 Å². The molecule has 0 aliphatic carbocycles. The molecule has 0 heterocycles. The van der Waals surface area contributed by atoms with E-state index < -0.39 is 16.0 Å². The van der Waals surface area contributed by atoms with Crippen LogP contribution in [0.5, 0.6) is 0 Å². The van der Waals surface area contributed by atoms with Crippen molar-refractivity contribution in [1.29, 1.82) is 0 Å². The maximum Gasteiger partial charge on any atom is 0.335 e. The molecule has 1 rings (SSSR count). The summed E-state index contributed by atoms with van der Waals surface area (Å²) in [5.74, 6) is -1.04. The van der Waals surface area contributed by atoms with Gasteiger partial charge >= 0.3 is 5.97 Å². The number of sulfonamides is 1. The highest BCUT2D eigenvalue weighted by molar-refractivity contribution is 7.89. The molecular formula is C12H16ClNO4S. The largest absolute Gasteiger partial charge is 0.478 e. The first-order chi connectivity index (χ1) is 8.66. The van der Waals surface area contributed by atoms with Crippen molar-refractivity contribution in [2.75, 3.05) is 13.6 Å². The van der Waals surface area contributed by atoms with Crippen LogP contribution in [0, 0.1) is 5.92 Å². The molecule has 1 N–H and O–H groups in total. The van der Waals surface area contributed by atoms with Crippen LogP contribution in [0.1, 0.15) is 24.2 Å². The smallest absolute Gasteiger partial charge is 0.335 e. The van der Waals surface area contributed by atoms with Gasteiger partial charge in [0, 0.05) is 13.6 Å². The summed E-state index contributed by atoms with van der Waals surface area (Å²) in [6.07, 6.45) is 0. The molecule has 0 aromatic heterocycles. The number of halogens is 1. The molecule has 0 saturated carbocycles. The van der Waals surface area contributed by atoms with Gasteiger partial charge in [0.1, 0.15) is 4.90 Å². The zero-order chi connectivity index (χ0) is 14.8. The summed E-state index contributed by atoms with van der Waals surface area (Å²) in [5, 5.41) is 8.91. The number of aromatic carboxylic acids is 1. The number of carboxylic acid groups (broad SMARTS) is 1. The van der Waals surface area contributed by atoms with Gasteiger partial charge in [-0.1, -0.05) is 25.4 Å². The number of carboxylic acids is 1. The Bertz CT molecular complexity index is 583. The second kappa shape index (κ2) is 5.90. The lowest BCUT2D eigenvalue weighted by molar-refractivity contribution is 0.0696. The Balaban J connectivity index is 3.28. The van der Waals surface area contributed by atoms with E-state index in [0.717, 1.165) is 6.07 Å². The standard InChI is InChI=1S/C12H16ClNO4S/c1-8(2)7-14(3)19(17,18)11-6-9(12(15)16)4-5-10(11)13/h4-6,8H,7H2,1-3H3,(H,15,16). The Morgan fingerprint density at radius 1 is 1.42 bits per heavy atom. The molecule has 0 unspecified atom stereocenters. The third kappa shape index (κ3) is 3.68. The summed E-state index contributed by atoms with van der Waals surface area (Å²) in [6.45, 7) is 4.11. The van der Waals surface area contributed by atoms with Crippen LogP contribution < -0.4 is 0 Å². The molecule has 0 atom stereocenters. The minimum atomic E-state index is -3.78. The Hall–Kier alpha value is -1.11. The molecule has 0 saturated heterocycles. The van der Waals surface area contributed by atoms with Gasteiger partial charge in [0.2, 0.25) is 10.0 Å². The third-order valence-electron chi connectivity index (χ3n) is 2.49. The van der Waals surface area contributed by atoms with Crippen molar-refractivity contribution in [3.05, 3.63) is 28.8 Å². The summed E-state index contributed by atoms with van der Waals surface area (Å²) < 4.78 is 25.8. The van der Waals surface area contributed by atoms with Crippen LogP contribution in [-0.4, -0.2) is 37.4 Å². The Morgan fingerprint density at radius 3 is 2.47 bits per heavy atom. The van der Waals surface area contributed by atoms with Gasteiger partial charge in [-0.05, 0) is 24.1 Å². The van der Waals surface area contributed by atoms with Crippen molar-refractivity contribution >= 4 is 27.6 Å². The van der Waals surface area contributed by atoms with Crippen LogP contribution in [0.4, 0.5) is 0 Å². The Kier molecular flexibility index (Phi) is 4.95. The highest BCUT2D eigenvalue weighted by atomic mass is 35.5. The molecule has 0 spiro atoms. The van der Waals surface area contributed by atoms with Crippen LogP contribution >= 0.6 is 11.6 Å². The summed E-state index contributed by atoms with van der Waals surface area (Å²) >= 11 is 5.87. The van der Waals surface area contributed by atoms with Gasteiger partial charge in [-0.3, -0.25) is 0 Å². The minimum absolute atomic E-state index is 0.0145. The van der Waals surface area contributed by atoms with Gasteiger partial charge in [-0.2, -0.15) is 0 Å². The topological polar surface area (TPSA) is 74.7 Å². The monoisotopic (exact) mass is 305 g/mol. The van der Waals surface area contributed by atoms with Crippen LogP contribution in [0.2, 0.25) is 5.02 Å². The second-order valence-electron chi connectivity index (χ2n) is 4.63. The van der Waals surface area contributed by atoms with Crippen LogP contribution in [0.15, 0.2) is 23.1 Å². The summed E-state index contributed by atoms with van der Waals surface area (Å²) in [7, 11) is -2.34. The number of nitrogens with zero attached hydrogens (tertiary/aromatic N) is 1. The molecule has 1 aromatic rings. The van der Waals surface area contributed by atoms with Crippen molar-refractivity contribution in [3.63, 3.8) is 0 Å². The molecule has 1 aromatic carbocycles. The lowest BCUT2D eigenvalue weighted by atomic mass is 10.2. The maximum absolute atomic E-state index is 12.3. The maximum atomic E-state index is 12.3. The van der Waals surface area contributed by atoms with Gasteiger partial charge in [0.25, 0.3) is 0 Å².